The predicted octanol–water partition coefficient (Wildman–Crippen LogP) is 2.57. The number of aromatic nitrogens is 3. The Balaban J connectivity index is 1.59. The highest BCUT2D eigenvalue weighted by Gasteiger charge is 2.21. The summed E-state index contributed by atoms with van der Waals surface area (Å²) in [5, 5.41) is 12.5. The van der Waals surface area contributed by atoms with E-state index in [0.29, 0.717) is 5.82 Å². The summed E-state index contributed by atoms with van der Waals surface area (Å²) in [7, 11) is 1.90. The molecule has 0 spiro atoms. The van der Waals surface area contributed by atoms with E-state index in [0.717, 1.165) is 47.8 Å². The van der Waals surface area contributed by atoms with E-state index in [1.807, 2.05) is 31.6 Å². The first-order valence-corrected chi connectivity index (χ1v) is 8.59. The number of anilines is 1. The van der Waals surface area contributed by atoms with Gasteiger partial charge >= 0.3 is 0 Å². The molecule has 2 N–H and O–H groups in total. The van der Waals surface area contributed by atoms with E-state index in [2.05, 4.69) is 32.8 Å². The van der Waals surface area contributed by atoms with Gasteiger partial charge in [-0.2, -0.15) is 5.10 Å². The number of hydrogen-bond acceptors (Lipinski definition) is 4. The van der Waals surface area contributed by atoms with E-state index in [1.165, 1.54) is 0 Å². The van der Waals surface area contributed by atoms with Crippen molar-refractivity contribution in [3.05, 3.63) is 42.9 Å². The lowest BCUT2D eigenvalue weighted by Crippen LogP contribution is -2.37. The van der Waals surface area contributed by atoms with Gasteiger partial charge in [0.25, 0.3) is 0 Å². The zero-order valence-electron chi connectivity index (χ0n) is 14.2. The number of nitrogens with zero attached hydrogens (tertiary/aromatic N) is 3. The number of nitrogens with one attached hydrogen (secondary N) is 2. The van der Waals surface area contributed by atoms with Gasteiger partial charge in [0.1, 0.15) is 5.82 Å². The van der Waals surface area contributed by atoms with Crippen LogP contribution in [0.4, 0.5) is 5.82 Å². The molecule has 1 aromatic carbocycles. The van der Waals surface area contributed by atoms with E-state index in [-0.39, 0.29) is 11.8 Å². The van der Waals surface area contributed by atoms with Crippen molar-refractivity contribution < 1.29 is 4.79 Å². The summed E-state index contributed by atoms with van der Waals surface area (Å²) in [5.74, 6) is 0.668. The number of aryl methyl sites for hydroxylation is 1. The number of benzene rings is 1. The van der Waals surface area contributed by atoms with E-state index < -0.39 is 0 Å². The van der Waals surface area contributed by atoms with Crippen LogP contribution in [-0.2, 0) is 11.8 Å². The van der Waals surface area contributed by atoms with E-state index in [9.17, 15) is 4.79 Å². The number of piperidine rings is 1. The minimum Gasteiger partial charge on any atom is -0.316 e. The van der Waals surface area contributed by atoms with E-state index >= 15 is 0 Å². The predicted molar refractivity (Wildman–Crippen MR) is 98.2 cm³/mol. The second-order valence-corrected chi connectivity index (χ2v) is 6.57. The molecule has 0 radical (unpaired) electrons. The summed E-state index contributed by atoms with van der Waals surface area (Å²) in [5.41, 5.74) is 2.17. The maximum Gasteiger partial charge on any atom is 0.229 e. The summed E-state index contributed by atoms with van der Waals surface area (Å²) in [6.07, 6.45) is 7.61. The highest BCUT2D eigenvalue weighted by atomic mass is 16.2. The van der Waals surface area contributed by atoms with Crippen LogP contribution in [0.2, 0.25) is 0 Å². The van der Waals surface area contributed by atoms with Crippen molar-refractivity contribution in [3.63, 3.8) is 0 Å². The Hall–Kier alpha value is -2.73. The van der Waals surface area contributed by atoms with Gasteiger partial charge in [-0.15, -0.1) is 0 Å². The zero-order valence-corrected chi connectivity index (χ0v) is 14.2. The monoisotopic (exact) mass is 335 g/mol. The Morgan fingerprint density at radius 1 is 1.24 bits per heavy atom. The average Bonchev–Trinajstić information content (AvgIpc) is 3.08. The lowest BCUT2D eigenvalue weighted by molar-refractivity contribution is -0.120. The van der Waals surface area contributed by atoms with Gasteiger partial charge in [0.2, 0.25) is 5.91 Å². The first-order valence-electron chi connectivity index (χ1n) is 8.59. The second-order valence-electron chi connectivity index (χ2n) is 6.57. The van der Waals surface area contributed by atoms with Crippen molar-refractivity contribution in [2.45, 2.75) is 12.8 Å². The number of carbonyl (C=O) groups excluding carboxylic acids is 1. The van der Waals surface area contributed by atoms with Crippen LogP contribution in [0.5, 0.6) is 0 Å². The van der Waals surface area contributed by atoms with Crippen LogP contribution in [0, 0.1) is 5.92 Å². The zero-order chi connectivity index (χ0) is 17.2. The molecule has 1 fully saturated rings. The molecule has 1 saturated heterocycles. The van der Waals surface area contributed by atoms with Crippen LogP contribution >= 0.6 is 0 Å². The molecule has 1 atom stereocenters. The first kappa shape index (κ1) is 15.8. The van der Waals surface area contributed by atoms with Gasteiger partial charge in [0.15, 0.2) is 0 Å². The van der Waals surface area contributed by atoms with Crippen molar-refractivity contribution in [2.75, 3.05) is 18.4 Å². The van der Waals surface area contributed by atoms with Gasteiger partial charge in [-0.3, -0.25) is 9.48 Å². The quantitative estimate of drug-likeness (QED) is 0.772. The SMILES string of the molecule is Cn1cc(-c2ccc3cnc(NC(=O)C4CCCNC4)cc3c2)cn1. The number of hydrogen-bond donors (Lipinski definition) is 2. The average molecular weight is 335 g/mol. The lowest BCUT2D eigenvalue weighted by atomic mass is 9.99. The Kier molecular flexibility index (Phi) is 4.19. The number of rotatable bonds is 3. The van der Waals surface area contributed by atoms with Crippen LogP contribution in [0.15, 0.2) is 42.9 Å². The molecule has 6 heteroatoms. The van der Waals surface area contributed by atoms with Crippen LogP contribution < -0.4 is 10.6 Å². The molecule has 0 aliphatic carbocycles. The third-order valence-corrected chi connectivity index (χ3v) is 4.68. The Morgan fingerprint density at radius 2 is 2.16 bits per heavy atom. The lowest BCUT2D eigenvalue weighted by Gasteiger charge is -2.21. The molecular formula is C19H21N5O. The van der Waals surface area contributed by atoms with Crippen molar-refractivity contribution in [3.8, 4) is 11.1 Å². The Labute approximate surface area is 146 Å². The summed E-state index contributed by atoms with van der Waals surface area (Å²) >= 11 is 0. The fourth-order valence-electron chi connectivity index (χ4n) is 3.26. The summed E-state index contributed by atoms with van der Waals surface area (Å²) in [6.45, 7) is 1.74. The first-order chi connectivity index (χ1) is 12.2. The number of carbonyl (C=O) groups is 1. The smallest absolute Gasteiger partial charge is 0.229 e. The summed E-state index contributed by atoms with van der Waals surface area (Å²) < 4.78 is 1.79. The molecule has 3 heterocycles. The molecule has 25 heavy (non-hydrogen) atoms. The molecule has 2 aromatic heterocycles. The minimum absolute atomic E-state index is 0.0213. The van der Waals surface area contributed by atoms with Gasteiger partial charge in [-0.1, -0.05) is 12.1 Å². The fourth-order valence-corrected chi connectivity index (χ4v) is 3.26. The Morgan fingerprint density at radius 3 is 2.92 bits per heavy atom. The summed E-state index contributed by atoms with van der Waals surface area (Å²) in [4.78, 5) is 16.8. The van der Waals surface area contributed by atoms with Gasteiger partial charge < -0.3 is 10.6 Å². The molecule has 1 amide bonds. The summed E-state index contributed by atoms with van der Waals surface area (Å²) in [6, 6.07) is 8.14. The number of amides is 1. The minimum atomic E-state index is 0.0213. The van der Waals surface area contributed by atoms with Crippen molar-refractivity contribution in [1.82, 2.24) is 20.1 Å². The normalized spacial score (nSPS) is 17.6. The van der Waals surface area contributed by atoms with Crippen LogP contribution in [0.3, 0.4) is 0 Å². The maximum absolute atomic E-state index is 12.4. The van der Waals surface area contributed by atoms with Gasteiger partial charge in [-0.25, -0.2) is 4.98 Å². The molecule has 4 rings (SSSR count). The van der Waals surface area contributed by atoms with E-state index in [1.54, 1.807) is 10.9 Å². The fraction of sp³-hybridized carbons (Fsp3) is 0.316. The van der Waals surface area contributed by atoms with Gasteiger partial charge in [-0.05, 0) is 42.5 Å². The molecule has 1 unspecified atom stereocenters. The molecule has 6 nitrogen and oxygen atoms in total. The molecule has 128 valence electrons. The molecule has 1 aliphatic heterocycles. The van der Waals surface area contributed by atoms with Crippen LogP contribution in [0.25, 0.3) is 21.9 Å². The third-order valence-electron chi connectivity index (χ3n) is 4.68. The van der Waals surface area contributed by atoms with Crippen molar-refractivity contribution in [1.29, 1.82) is 0 Å². The number of pyridine rings is 1. The highest BCUT2D eigenvalue weighted by molar-refractivity contribution is 5.95. The van der Waals surface area contributed by atoms with Gasteiger partial charge in [0.05, 0.1) is 12.1 Å². The Bertz CT molecular complexity index is 911. The van der Waals surface area contributed by atoms with E-state index in [4.69, 9.17) is 0 Å². The molecule has 0 saturated carbocycles. The van der Waals surface area contributed by atoms with Gasteiger partial charge in [0, 0.05) is 36.9 Å². The second kappa shape index (κ2) is 6.64. The largest absolute Gasteiger partial charge is 0.316 e. The standard InChI is InChI=1S/C19H21N5O/c1-24-12-17(11-22-24)13-4-5-14-10-21-18(8-16(14)7-13)23-19(25)15-3-2-6-20-9-15/h4-5,7-8,10-12,15,20H,2-3,6,9H2,1H3,(H,21,23,25). The van der Waals surface area contributed by atoms with Crippen molar-refractivity contribution in [2.24, 2.45) is 13.0 Å². The third kappa shape index (κ3) is 3.39. The topological polar surface area (TPSA) is 71.8 Å². The van der Waals surface area contributed by atoms with Crippen molar-refractivity contribution >= 4 is 22.5 Å². The molecular weight excluding hydrogens is 314 g/mol. The number of fused-ring (bicyclic) bond motifs is 1. The maximum atomic E-state index is 12.4. The molecule has 1 aliphatic rings. The van der Waals surface area contributed by atoms with Crippen LogP contribution in [0.1, 0.15) is 12.8 Å². The van der Waals surface area contributed by atoms with Crippen LogP contribution in [-0.4, -0.2) is 33.8 Å². The molecule has 3 aromatic rings. The molecule has 0 bridgehead atoms. The highest BCUT2D eigenvalue weighted by Crippen LogP contribution is 2.25.